The molecule has 0 radical (unpaired) electrons. The third kappa shape index (κ3) is 10.7. The number of hydrogen-bond donors (Lipinski definition) is 0. The van der Waals surface area contributed by atoms with Gasteiger partial charge in [0.2, 0.25) is 0 Å². The summed E-state index contributed by atoms with van der Waals surface area (Å²) in [4.78, 5) is 27.8. The first-order valence-corrected chi connectivity index (χ1v) is 20.6. The quantitative estimate of drug-likeness (QED) is 0.122. The Morgan fingerprint density at radius 3 is 2.14 bits per heavy atom. The van der Waals surface area contributed by atoms with Gasteiger partial charge in [-0.2, -0.15) is 9.59 Å². The van der Waals surface area contributed by atoms with Crippen LogP contribution >= 0.6 is 31.9 Å². The van der Waals surface area contributed by atoms with Crippen LogP contribution in [0.15, 0.2) is 119 Å². The van der Waals surface area contributed by atoms with Gasteiger partial charge in [-0.15, -0.1) is 0 Å². The van der Waals surface area contributed by atoms with E-state index in [-0.39, 0.29) is 31.3 Å². The van der Waals surface area contributed by atoms with Gasteiger partial charge in [-0.3, -0.25) is 4.79 Å². The Labute approximate surface area is 356 Å². The molecule has 12 heteroatoms. The van der Waals surface area contributed by atoms with E-state index in [4.69, 9.17) is 37.8 Å². The van der Waals surface area contributed by atoms with E-state index < -0.39 is 0 Å². The van der Waals surface area contributed by atoms with Crippen LogP contribution in [0.25, 0.3) is 6.08 Å². The van der Waals surface area contributed by atoms with Crippen molar-refractivity contribution in [1.82, 2.24) is 0 Å². The molecule has 3 atom stereocenters. The number of carbonyl (C=O) groups excluding carboxylic acids is 3. The normalized spacial score (nSPS) is 17.6. The number of esters is 1. The Hall–Kier alpha value is -5.13. The predicted molar refractivity (Wildman–Crippen MR) is 229 cm³/mol. The molecule has 9 nitrogen and oxygen atoms in total. The van der Waals surface area contributed by atoms with Crippen molar-refractivity contribution < 1.29 is 42.6 Å². The Bertz CT molecular complexity index is 2240. The van der Waals surface area contributed by atoms with Crippen molar-refractivity contribution >= 4 is 62.6 Å². The molecule has 0 saturated carbocycles. The van der Waals surface area contributed by atoms with Crippen molar-refractivity contribution in [3.63, 3.8) is 0 Å². The second kappa shape index (κ2) is 20.5. The number of hydrogen-bond acceptors (Lipinski definition) is 9. The van der Waals surface area contributed by atoms with Crippen molar-refractivity contribution in [3.8, 4) is 23.0 Å². The largest absolute Gasteiger partial charge is 0.563 e. The Morgan fingerprint density at radius 2 is 1.48 bits per heavy atom. The summed E-state index contributed by atoms with van der Waals surface area (Å²) in [6.45, 7) is 7.72. The zero-order valence-electron chi connectivity index (χ0n) is 32.3. The average molecular weight is 910 g/mol. The van der Waals surface area contributed by atoms with E-state index in [0.717, 1.165) is 80.0 Å². The lowest BCUT2D eigenvalue weighted by Gasteiger charge is -2.27. The summed E-state index contributed by atoms with van der Waals surface area (Å²) in [6.07, 6.45) is 5.46. The fourth-order valence-corrected chi connectivity index (χ4v) is 8.01. The van der Waals surface area contributed by atoms with E-state index in [2.05, 4.69) is 69.6 Å². The molecule has 1 unspecified atom stereocenters. The Balaban J connectivity index is 0.000000155. The molecule has 0 N–H and O–H groups in total. The summed E-state index contributed by atoms with van der Waals surface area (Å²) in [6, 6.07) is 34.6. The summed E-state index contributed by atoms with van der Waals surface area (Å²) >= 11 is 6.87. The third-order valence-electron chi connectivity index (χ3n) is 10.2. The van der Waals surface area contributed by atoms with Crippen molar-refractivity contribution in [2.75, 3.05) is 20.3 Å². The number of carbonyl (C=O) groups is 1. The highest BCUT2D eigenvalue weighted by Gasteiger charge is 2.33. The van der Waals surface area contributed by atoms with Crippen LogP contribution in [-0.2, 0) is 36.8 Å². The van der Waals surface area contributed by atoms with Gasteiger partial charge in [0.25, 0.3) is 0 Å². The van der Waals surface area contributed by atoms with E-state index in [1.807, 2.05) is 84.9 Å². The number of fused-ring (bicyclic) bond motifs is 4. The minimum atomic E-state index is -0.333. The summed E-state index contributed by atoms with van der Waals surface area (Å²) in [5, 5.41) is 0. The second-order valence-corrected chi connectivity index (χ2v) is 15.7. The fourth-order valence-electron chi connectivity index (χ4n) is 7.18. The number of halogens is 2. The van der Waals surface area contributed by atoms with Crippen LogP contribution in [0.4, 0.5) is 0 Å². The first kappa shape index (κ1) is 42.5. The van der Waals surface area contributed by atoms with Gasteiger partial charge in [-0.1, -0.05) is 106 Å². The second-order valence-electron chi connectivity index (χ2n) is 13.9. The SMILES string of the molecule is C=Cc1cccc(Br)c1.CC[C@@H]1COc2cc3c(cc21)COB(c1ccccc1)O3.COC(=O)C[C@@H]1COc2cc3c(cc21)CCC(c1cccc(Br)c1)O3.O=C=O. The molecule has 0 amide bonds. The fraction of sp³-hybridized carbons (Fsp3) is 0.261. The third-order valence-corrected chi connectivity index (χ3v) is 11.2. The molecule has 9 rings (SSSR count). The first-order chi connectivity index (χ1) is 28.2. The van der Waals surface area contributed by atoms with Gasteiger partial charge in [0.1, 0.15) is 29.1 Å². The van der Waals surface area contributed by atoms with E-state index >= 15 is 0 Å². The van der Waals surface area contributed by atoms with Gasteiger partial charge < -0.3 is 28.3 Å². The molecule has 0 fully saturated rings. The molecular formula is C46H43BBr2O9. The Kier molecular flexibility index (Phi) is 15.0. The number of ether oxygens (including phenoxy) is 4. The van der Waals surface area contributed by atoms with Crippen LogP contribution in [0.3, 0.4) is 0 Å². The van der Waals surface area contributed by atoms with E-state index in [9.17, 15) is 4.79 Å². The summed E-state index contributed by atoms with van der Waals surface area (Å²) in [5.74, 6) is 3.91. The van der Waals surface area contributed by atoms with Crippen LogP contribution in [0.5, 0.6) is 23.0 Å². The highest BCUT2D eigenvalue weighted by Crippen LogP contribution is 2.45. The molecule has 298 valence electrons. The van der Waals surface area contributed by atoms with Gasteiger partial charge >= 0.3 is 19.2 Å². The molecule has 4 aliphatic rings. The summed E-state index contributed by atoms with van der Waals surface area (Å²) < 4.78 is 36.6. The maximum absolute atomic E-state index is 11.6. The number of methoxy groups -OCH3 is 1. The molecule has 0 bridgehead atoms. The standard InChI is InChI=1S/C20H19BrO4.C17H17BO3.C8H7Br.CO2/c1-23-20(22)9-14-11-24-19-10-18-13(8-16(14)19)5-6-17(25-18)12-3-2-4-15(21)7-12;1-2-12-10-19-17-9-16-13(8-15(12)17)11-20-18(21-16)14-6-4-3-5-7-14;1-2-7-4-3-5-8(9)6-7;2-1-3/h2-4,7-8,10,14,17H,5-6,9,11H2,1H3;3-9,12H,2,10-11H2,1H3;2-6H,1H2;/t14-,17?;12-;;/m11../s1. The molecule has 4 aliphatic heterocycles. The van der Waals surface area contributed by atoms with Gasteiger partial charge in [0, 0.05) is 49.6 Å². The zero-order chi connectivity index (χ0) is 41.0. The lowest BCUT2D eigenvalue weighted by molar-refractivity contribution is -0.191. The van der Waals surface area contributed by atoms with Crippen LogP contribution in [0.1, 0.15) is 77.5 Å². The molecule has 0 aromatic heterocycles. The van der Waals surface area contributed by atoms with Gasteiger partial charge in [0.05, 0.1) is 33.4 Å². The van der Waals surface area contributed by atoms with Crippen LogP contribution in [0.2, 0.25) is 0 Å². The molecule has 0 saturated heterocycles. The highest BCUT2D eigenvalue weighted by atomic mass is 79.9. The molecule has 5 aromatic rings. The zero-order valence-corrected chi connectivity index (χ0v) is 35.5. The maximum Gasteiger partial charge on any atom is 0.563 e. The average Bonchev–Trinajstić information content (AvgIpc) is 3.84. The number of aryl methyl sites for hydroxylation is 1. The van der Waals surface area contributed by atoms with Gasteiger partial charge in [0.15, 0.2) is 0 Å². The highest BCUT2D eigenvalue weighted by molar-refractivity contribution is 9.10. The molecule has 4 heterocycles. The van der Waals surface area contributed by atoms with Crippen molar-refractivity contribution in [1.29, 1.82) is 0 Å². The van der Waals surface area contributed by atoms with Crippen molar-refractivity contribution in [2.45, 2.75) is 57.2 Å². The lowest BCUT2D eigenvalue weighted by Crippen LogP contribution is -2.42. The van der Waals surface area contributed by atoms with Crippen LogP contribution in [-0.4, -0.2) is 39.6 Å². The van der Waals surface area contributed by atoms with E-state index in [0.29, 0.717) is 25.6 Å². The minimum absolute atomic E-state index is 0.0512. The molecule has 5 aromatic carbocycles. The first-order valence-electron chi connectivity index (χ1n) is 19.0. The van der Waals surface area contributed by atoms with Gasteiger partial charge in [-0.25, -0.2) is 0 Å². The van der Waals surface area contributed by atoms with Gasteiger partial charge in [-0.05, 0) is 77.8 Å². The number of rotatable bonds is 6. The van der Waals surface area contributed by atoms with Crippen molar-refractivity contribution in [2.24, 2.45) is 0 Å². The number of benzene rings is 5. The minimum Gasteiger partial charge on any atom is -0.532 e. The molecule has 0 aliphatic carbocycles. The molecule has 58 heavy (non-hydrogen) atoms. The smallest absolute Gasteiger partial charge is 0.532 e. The summed E-state index contributed by atoms with van der Waals surface area (Å²) in [7, 11) is 1.09. The molecule has 0 spiro atoms. The summed E-state index contributed by atoms with van der Waals surface area (Å²) in [5.41, 5.74) is 8.04. The van der Waals surface area contributed by atoms with Crippen LogP contribution < -0.4 is 24.3 Å². The predicted octanol–water partition coefficient (Wildman–Crippen LogP) is 9.94. The lowest BCUT2D eigenvalue weighted by atomic mass is 9.77. The van der Waals surface area contributed by atoms with Crippen LogP contribution in [0, 0.1) is 0 Å². The maximum atomic E-state index is 11.6. The Morgan fingerprint density at radius 1 is 0.828 bits per heavy atom. The monoisotopic (exact) mass is 908 g/mol. The molecular weight excluding hydrogens is 867 g/mol. The topological polar surface area (TPSA) is 107 Å². The van der Waals surface area contributed by atoms with E-state index in [1.165, 1.54) is 23.8 Å². The van der Waals surface area contributed by atoms with Crippen molar-refractivity contribution in [3.05, 3.63) is 152 Å². The van der Waals surface area contributed by atoms with E-state index in [1.54, 1.807) is 0 Å².